The van der Waals surface area contributed by atoms with Crippen LogP contribution in [0.15, 0.2) is 54.6 Å². The summed E-state index contributed by atoms with van der Waals surface area (Å²) in [6.45, 7) is 2.56. The van der Waals surface area contributed by atoms with E-state index in [1.807, 2.05) is 59.5 Å². The fraction of sp³-hybridized carbons (Fsp3) is 0.417. The lowest BCUT2D eigenvalue weighted by molar-refractivity contribution is -0.135. The smallest absolute Gasteiger partial charge is 0.408 e. The Morgan fingerprint density at radius 3 is 2.50 bits per heavy atom. The minimum atomic E-state index is -0.660. The van der Waals surface area contributed by atoms with E-state index in [4.69, 9.17) is 9.47 Å². The van der Waals surface area contributed by atoms with Crippen LogP contribution in [0.25, 0.3) is 0 Å². The van der Waals surface area contributed by atoms with Crippen LogP contribution in [-0.2, 0) is 16.1 Å². The van der Waals surface area contributed by atoms with Crippen molar-refractivity contribution in [3.8, 4) is 5.75 Å². The number of nitrogens with one attached hydrogen (secondary N) is 1. The van der Waals surface area contributed by atoms with E-state index >= 15 is 0 Å². The monoisotopic (exact) mass is 410 g/mol. The zero-order valence-corrected chi connectivity index (χ0v) is 17.7. The van der Waals surface area contributed by atoms with Gasteiger partial charge in [0.1, 0.15) is 18.4 Å². The highest BCUT2D eigenvalue weighted by Crippen LogP contribution is 2.31. The topological polar surface area (TPSA) is 67.9 Å². The number of nitrogens with zero attached hydrogens (tertiary/aromatic N) is 1. The molecule has 6 nitrogen and oxygen atoms in total. The highest BCUT2D eigenvalue weighted by Gasteiger charge is 2.30. The number of rotatable bonds is 6. The van der Waals surface area contributed by atoms with Crippen molar-refractivity contribution >= 4 is 12.0 Å². The van der Waals surface area contributed by atoms with Crippen LogP contribution in [-0.4, -0.2) is 36.6 Å². The van der Waals surface area contributed by atoms with Crippen LogP contribution < -0.4 is 10.1 Å². The van der Waals surface area contributed by atoms with Gasteiger partial charge in [-0.05, 0) is 43.0 Å². The number of alkyl carbamates (subject to hydrolysis) is 1. The molecule has 0 aliphatic carbocycles. The first-order valence-electron chi connectivity index (χ1n) is 10.5. The Kier molecular flexibility index (Phi) is 7.71. The molecule has 1 N–H and O–H groups in total. The van der Waals surface area contributed by atoms with Crippen LogP contribution in [0.1, 0.15) is 49.8 Å². The van der Waals surface area contributed by atoms with Crippen LogP contribution in [0.5, 0.6) is 5.75 Å². The van der Waals surface area contributed by atoms with Gasteiger partial charge >= 0.3 is 6.09 Å². The molecule has 1 fully saturated rings. The SMILES string of the molecule is COc1ccc([C@@H]2CCCCCN2C(=O)[C@@H](C)NC(=O)OCc2ccccc2)cc1. The molecule has 1 aliphatic heterocycles. The van der Waals surface area contributed by atoms with Gasteiger partial charge in [0.2, 0.25) is 5.91 Å². The normalized spacial score (nSPS) is 17.5. The van der Waals surface area contributed by atoms with Gasteiger partial charge in [0, 0.05) is 6.54 Å². The van der Waals surface area contributed by atoms with Gasteiger partial charge in [-0.15, -0.1) is 0 Å². The van der Waals surface area contributed by atoms with Crippen LogP contribution in [0.2, 0.25) is 0 Å². The van der Waals surface area contributed by atoms with E-state index in [9.17, 15) is 9.59 Å². The largest absolute Gasteiger partial charge is 0.497 e. The van der Waals surface area contributed by atoms with E-state index < -0.39 is 12.1 Å². The first-order valence-corrected chi connectivity index (χ1v) is 10.5. The fourth-order valence-corrected chi connectivity index (χ4v) is 3.80. The van der Waals surface area contributed by atoms with Crippen molar-refractivity contribution in [2.45, 2.75) is 51.3 Å². The molecule has 1 heterocycles. The number of methoxy groups -OCH3 is 1. The average Bonchev–Trinajstić information content (AvgIpc) is 3.04. The first kappa shape index (κ1) is 21.7. The van der Waals surface area contributed by atoms with Gasteiger partial charge < -0.3 is 19.7 Å². The molecule has 30 heavy (non-hydrogen) atoms. The molecule has 0 aromatic heterocycles. The predicted octanol–water partition coefficient (Wildman–Crippen LogP) is 4.45. The van der Waals surface area contributed by atoms with Gasteiger partial charge in [0.15, 0.2) is 0 Å². The number of amides is 2. The number of benzene rings is 2. The Balaban J connectivity index is 1.63. The molecular weight excluding hydrogens is 380 g/mol. The van der Waals surface area contributed by atoms with E-state index in [-0.39, 0.29) is 18.6 Å². The Morgan fingerprint density at radius 2 is 1.80 bits per heavy atom. The molecule has 2 aromatic rings. The molecule has 3 rings (SSSR count). The van der Waals surface area contributed by atoms with E-state index in [1.165, 1.54) is 0 Å². The summed E-state index contributed by atoms with van der Waals surface area (Å²) in [7, 11) is 1.64. The standard InChI is InChI=1S/C24H30N2O4/c1-18(25-24(28)30-17-19-9-5-3-6-10-19)23(27)26-16-8-4-7-11-22(26)20-12-14-21(29-2)15-13-20/h3,5-6,9-10,12-15,18,22H,4,7-8,11,16-17H2,1-2H3,(H,25,28)/t18-,22+/m1/s1. The lowest BCUT2D eigenvalue weighted by Gasteiger charge is -2.32. The zero-order valence-electron chi connectivity index (χ0n) is 17.7. The number of carbonyl (C=O) groups excluding carboxylic acids is 2. The number of likely N-dealkylation sites (tertiary alicyclic amines) is 1. The van der Waals surface area contributed by atoms with E-state index in [0.717, 1.165) is 42.6 Å². The molecular formula is C24H30N2O4. The van der Waals surface area contributed by atoms with Crippen molar-refractivity contribution < 1.29 is 19.1 Å². The molecule has 160 valence electrons. The lowest BCUT2D eigenvalue weighted by Crippen LogP contribution is -2.48. The molecule has 0 spiro atoms. The van der Waals surface area contributed by atoms with Crippen LogP contribution in [0.4, 0.5) is 4.79 Å². The van der Waals surface area contributed by atoms with Gasteiger partial charge in [0.25, 0.3) is 0 Å². The molecule has 2 aromatic carbocycles. The summed E-state index contributed by atoms with van der Waals surface area (Å²) in [4.78, 5) is 27.3. The van der Waals surface area contributed by atoms with E-state index in [1.54, 1.807) is 14.0 Å². The van der Waals surface area contributed by atoms with E-state index in [2.05, 4.69) is 5.32 Å². The highest BCUT2D eigenvalue weighted by atomic mass is 16.5. The van der Waals surface area contributed by atoms with Gasteiger partial charge in [0.05, 0.1) is 13.2 Å². The van der Waals surface area contributed by atoms with Crippen LogP contribution in [0, 0.1) is 0 Å². The maximum atomic E-state index is 13.2. The molecule has 0 bridgehead atoms. The fourth-order valence-electron chi connectivity index (χ4n) is 3.80. The van der Waals surface area contributed by atoms with Crippen LogP contribution in [0.3, 0.4) is 0 Å². The first-order chi connectivity index (χ1) is 14.6. The molecule has 0 unspecified atom stereocenters. The second-order valence-electron chi connectivity index (χ2n) is 7.60. The third kappa shape index (κ3) is 5.75. The second kappa shape index (κ2) is 10.7. The molecule has 2 amide bonds. The quantitative estimate of drug-likeness (QED) is 0.764. The number of ether oxygens (including phenoxy) is 2. The Bertz CT molecular complexity index is 823. The zero-order chi connectivity index (χ0) is 21.3. The number of hydrogen-bond acceptors (Lipinski definition) is 4. The third-order valence-corrected chi connectivity index (χ3v) is 5.45. The summed E-state index contributed by atoms with van der Waals surface area (Å²) < 4.78 is 10.5. The molecule has 6 heteroatoms. The minimum absolute atomic E-state index is 0.00417. The molecule has 2 atom stereocenters. The summed E-state index contributed by atoms with van der Waals surface area (Å²) in [6, 6.07) is 16.7. The molecule has 0 radical (unpaired) electrons. The van der Waals surface area contributed by atoms with E-state index in [0.29, 0.717) is 6.54 Å². The van der Waals surface area contributed by atoms with Gasteiger partial charge in [-0.1, -0.05) is 55.3 Å². The molecule has 1 aliphatic rings. The maximum absolute atomic E-state index is 13.2. The maximum Gasteiger partial charge on any atom is 0.408 e. The van der Waals surface area contributed by atoms with Crippen molar-refractivity contribution in [3.63, 3.8) is 0 Å². The van der Waals surface area contributed by atoms with Gasteiger partial charge in [-0.3, -0.25) is 4.79 Å². The summed E-state index contributed by atoms with van der Waals surface area (Å²) in [5, 5.41) is 2.69. The Labute approximate surface area is 178 Å². The van der Waals surface area contributed by atoms with Gasteiger partial charge in [-0.2, -0.15) is 0 Å². The summed E-state index contributed by atoms with van der Waals surface area (Å²) in [5.74, 6) is 0.704. The lowest BCUT2D eigenvalue weighted by atomic mass is 10.00. The summed E-state index contributed by atoms with van der Waals surface area (Å²) in [6.07, 6.45) is 3.45. The highest BCUT2D eigenvalue weighted by molar-refractivity contribution is 5.85. The Hall–Kier alpha value is -3.02. The van der Waals surface area contributed by atoms with Crippen molar-refractivity contribution in [2.75, 3.05) is 13.7 Å². The summed E-state index contributed by atoms with van der Waals surface area (Å²) in [5.41, 5.74) is 1.99. The minimum Gasteiger partial charge on any atom is -0.497 e. The summed E-state index contributed by atoms with van der Waals surface area (Å²) >= 11 is 0. The van der Waals surface area contributed by atoms with Crippen LogP contribution >= 0.6 is 0 Å². The Morgan fingerprint density at radius 1 is 1.07 bits per heavy atom. The average molecular weight is 411 g/mol. The molecule has 0 saturated carbocycles. The van der Waals surface area contributed by atoms with Gasteiger partial charge in [-0.25, -0.2) is 4.79 Å². The number of hydrogen-bond donors (Lipinski definition) is 1. The molecule has 1 saturated heterocycles. The second-order valence-corrected chi connectivity index (χ2v) is 7.60. The van der Waals surface area contributed by atoms with Crippen molar-refractivity contribution in [1.29, 1.82) is 0 Å². The predicted molar refractivity (Wildman–Crippen MR) is 115 cm³/mol. The number of carbonyl (C=O) groups is 2. The third-order valence-electron chi connectivity index (χ3n) is 5.45. The van der Waals surface area contributed by atoms with Crippen molar-refractivity contribution in [3.05, 3.63) is 65.7 Å². The van der Waals surface area contributed by atoms with Crippen molar-refractivity contribution in [1.82, 2.24) is 10.2 Å². The van der Waals surface area contributed by atoms with Crippen molar-refractivity contribution in [2.24, 2.45) is 0 Å².